The molecule has 0 radical (unpaired) electrons. The van der Waals surface area contributed by atoms with Gasteiger partial charge in [-0.2, -0.15) is 0 Å². The summed E-state index contributed by atoms with van der Waals surface area (Å²) >= 11 is 0. The highest BCUT2D eigenvalue weighted by Gasteiger charge is 2.46. The van der Waals surface area contributed by atoms with Crippen molar-refractivity contribution in [3.8, 4) is 0 Å². The van der Waals surface area contributed by atoms with Gasteiger partial charge in [0.15, 0.2) is 0 Å². The first-order valence-electron chi connectivity index (χ1n) is 7.52. The van der Waals surface area contributed by atoms with Crippen LogP contribution in [-0.2, 0) is 9.53 Å². The van der Waals surface area contributed by atoms with Crippen molar-refractivity contribution in [1.29, 1.82) is 0 Å². The lowest BCUT2D eigenvalue weighted by atomic mass is 9.71. The number of fused-ring (bicyclic) bond motifs is 1. The number of carbonyl (C=O) groups is 1. The van der Waals surface area contributed by atoms with Crippen molar-refractivity contribution >= 4 is 5.91 Å². The van der Waals surface area contributed by atoms with Gasteiger partial charge in [-0.3, -0.25) is 4.79 Å². The Labute approximate surface area is 116 Å². The minimum atomic E-state index is -0.718. The van der Waals surface area contributed by atoms with E-state index in [1.54, 1.807) is 7.11 Å². The predicted octanol–water partition coefficient (Wildman–Crippen LogP) is 1.96. The molecule has 1 saturated carbocycles. The average Bonchev–Trinajstić information content (AvgIpc) is 2.44. The molecule has 1 aliphatic carbocycles. The molecule has 0 bridgehead atoms. The van der Waals surface area contributed by atoms with Crippen molar-refractivity contribution in [3.05, 3.63) is 0 Å². The van der Waals surface area contributed by atoms with Gasteiger partial charge in [0.25, 0.3) is 5.91 Å². The summed E-state index contributed by atoms with van der Waals surface area (Å²) < 4.78 is 5.41. The number of carbonyl (C=O) groups excluding carboxylic acids is 1. The maximum absolute atomic E-state index is 12.6. The van der Waals surface area contributed by atoms with E-state index in [1.807, 2.05) is 18.7 Å². The molecule has 1 N–H and O–H groups in total. The van der Waals surface area contributed by atoms with Gasteiger partial charge in [0.2, 0.25) is 0 Å². The van der Waals surface area contributed by atoms with Gasteiger partial charge in [-0.25, -0.2) is 0 Å². The van der Waals surface area contributed by atoms with Crippen LogP contribution in [0.15, 0.2) is 0 Å². The fraction of sp³-hybridized carbons (Fsp3) is 0.933. The minimum Gasteiger partial charge on any atom is -0.389 e. The van der Waals surface area contributed by atoms with E-state index in [9.17, 15) is 9.90 Å². The van der Waals surface area contributed by atoms with E-state index >= 15 is 0 Å². The molecule has 0 aromatic heterocycles. The highest BCUT2D eigenvalue weighted by Crippen LogP contribution is 2.40. The Morgan fingerprint density at radius 2 is 2.21 bits per heavy atom. The second-order valence-electron chi connectivity index (χ2n) is 6.34. The van der Waals surface area contributed by atoms with Gasteiger partial charge < -0.3 is 14.7 Å². The number of nitrogens with zero attached hydrogens (tertiary/aromatic N) is 1. The highest BCUT2D eigenvalue weighted by molar-refractivity contribution is 5.85. The number of hydrogen-bond acceptors (Lipinski definition) is 3. The fourth-order valence-corrected chi connectivity index (χ4v) is 3.47. The fourth-order valence-electron chi connectivity index (χ4n) is 3.47. The van der Waals surface area contributed by atoms with Gasteiger partial charge in [0.05, 0.1) is 5.60 Å². The maximum Gasteiger partial charge on any atom is 0.254 e. The lowest BCUT2D eigenvalue weighted by Gasteiger charge is -2.48. The first kappa shape index (κ1) is 14.8. The lowest BCUT2D eigenvalue weighted by Crippen LogP contribution is -2.58. The molecule has 2 aliphatic rings. The molecule has 1 saturated heterocycles. The van der Waals surface area contributed by atoms with Gasteiger partial charge in [-0.15, -0.1) is 0 Å². The zero-order valence-electron chi connectivity index (χ0n) is 12.4. The summed E-state index contributed by atoms with van der Waals surface area (Å²) in [6.07, 6.45) is 5.61. The van der Waals surface area contributed by atoms with E-state index in [4.69, 9.17) is 4.74 Å². The molecule has 2 fully saturated rings. The molecule has 0 aromatic carbocycles. The van der Waals surface area contributed by atoms with Gasteiger partial charge in [0.1, 0.15) is 5.60 Å². The van der Waals surface area contributed by atoms with Crippen molar-refractivity contribution in [2.45, 2.75) is 63.6 Å². The quantitative estimate of drug-likeness (QED) is 0.852. The number of aliphatic hydroxyl groups is 1. The van der Waals surface area contributed by atoms with Crippen LogP contribution in [0, 0.1) is 5.92 Å². The first-order valence-corrected chi connectivity index (χ1v) is 7.52. The summed E-state index contributed by atoms with van der Waals surface area (Å²) in [5, 5.41) is 10.6. The van der Waals surface area contributed by atoms with Crippen LogP contribution in [-0.4, -0.2) is 47.3 Å². The number of likely N-dealkylation sites (tertiary alicyclic amines) is 1. The Bertz CT molecular complexity index is 340. The van der Waals surface area contributed by atoms with E-state index in [0.717, 1.165) is 19.3 Å². The molecule has 1 amide bonds. The molecule has 3 unspecified atom stereocenters. The molecule has 110 valence electrons. The third-order valence-corrected chi connectivity index (χ3v) is 5.29. The topological polar surface area (TPSA) is 49.8 Å². The smallest absolute Gasteiger partial charge is 0.254 e. The number of amides is 1. The van der Waals surface area contributed by atoms with Crippen LogP contribution in [0.1, 0.15) is 52.4 Å². The van der Waals surface area contributed by atoms with Crippen molar-refractivity contribution in [2.24, 2.45) is 5.92 Å². The molecule has 19 heavy (non-hydrogen) atoms. The van der Waals surface area contributed by atoms with Crippen LogP contribution in [0.3, 0.4) is 0 Å². The second-order valence-corrected chi connectivity index (χ2v) is 6.34. The molecule has 3 atom stereocenters. The normalized spacial score (nSPS) is 34.5. The molecule has 2 rings (SSSR count). The van der Waals surface area contributed by atoms with Crippen LogP contribution in [0.2, 0.25) is 0 Å². The number of ether oxygens (including phenoxy) is 1. The van der Waals surface area contributed by atoms with E-state index in [2.05, 4.69) is 0 Å². The summed E-state index contributed by atoms with van der Waals surface area (Å²) in [6.45, 7) is 5.18. The first-order chi connectivity index (χ1) is 8.95. The van der Waals surface area contributed by atoms with E-state index < -0.39 is 11.2 Å². The Balaban J connectivity index is 2.06. The van der Waals surface area contributed by atoms with Gasteiger partial charge in [0, 0.05) is 26.1 Å². The molecular weight excluding hydrogens is 242 g/mol. The highest BCUT2D eigenvalue weighted by atomic mass is 16.5. The standard InChI is InChI=1S/C15H27NO3/c1-4-14(2,19-3)13(17)16-10-9-15(18)8-6-5-7-12(15)11-16/h12,18H,4-11H2,1-3H3. The van der Waals surface area contributed by atoms with Gasteiger partial charge in [-0.1, -0.05) is 19.8 Å². The lowest BCUT2D eigenvalue weighted by molar-refractivity contribution is -0.163. The molecule has 0 spiro atoms. The van der Waals surface area contributed by atoms with Crippen molar-refractivity contribution in [3.63, 3.8) is 0 Å². The zero-order chi connectivity index (χ0) is 14.1. The van der Waals surface area contributed by atoms with E-state index in [-0.39, 0.29) is 11.8 Å². The van der Waals surface area contributed by atoms with E-state index in [0.29, 0.717) is 25.9 Å². The average molecular weight is 269 g/mol. The zero-order valence-corrected chi connectivity index (χ0v) is 12.4. The number of piperidine rings is 1. The Morgan fingerprint density at radius 3 is 2.84 bits per heavy atom. The van der Waals surface area contributed by atoms with Gasteiger partial charge >= 0.3 is 0 Å². The second kappa shape index (κ2) is 5.41. The summed E-state index contributed by atoms with van der Waals surface area (Å²) in [5.41, 5.74) is -1.24. The SMILES string of the molecule is CCC(C)(OC)C(=O)N1CCC2(O)CCCCC2C1. The Hall–Kier alpha value is -0.610. The van der Waals surface area contributed by atoms with Gasteiger partial charge in [-0.05, 0) is 32.6 Å². The maximum atomic E-state index is 12.6. The molecule has 1 heterocycles. The van der Waals surface area contributed by atoms with Crippen LogP contribution in [0.25, 0.3) is 0 Å². The Morgan fingerprint density at radius 1 is 1.47 bits per heavy atom. The van der Waals surface area contributed by atoms with Crippen molar-refractivity contribution in [1.82, 2.24) is 4.90 Å². The summed E-state index contributed by atoms with van der Waals surface area (Å²) in [4.78, 5) is 14.5. The number of rotatable bonds is 3. The largest absolute Gasteiger partial charge is 0.389 e. The minimum absolute atomic E-state index is 0.0742. The molecule has 1 aliphatic heterocycles. The third-order valence-electron chi connectivity index (χ3n) is 5.29. The molecule has 4 nitrogen and oxygen atoms in total. The summed E-state index contributed by atoms with van der Waals surface area (Å²) in [6, 6.07) is 0. The Kier molecular flexibility index (Phi) is 4.21. The monoisotopic (exact) mass is 269 g/mol. The molecule has 4 heteroatoms. The van der Waals surface area contributed by atoms with Crippen molar-refractivity contribution < 1.29 is 14.6 Å². The summed E-state index contributed by atoms with van der Waals surface area (Å²) in [5.74, 6) is 0.321. The van der Waals surface area contributed by atoms with Crippen LogP contribution < -0.4 is 0 Å². The molecule has 0 aromatic rings. The third kappa shape index (κ3) is 2.65. The number of hydrogen-bond donors (Lipinski definition) is 1. The predicted molar refractivity (Wildman–Crippen MR) is 73.8 cm³/mol. The van der Waals surface area contributed by atoms with Crippen molar-refractivity contribution in [2.75, 3.05) is 20.2 Å². The van der Waals surface area contributed by atoms with Crippen LogP contribution in [0.4, 0.5) is 0 Å². The molecular formula is C15H27NO3. The number of methoxy groups -OCH3 is 1. The van der Waals surface area contributed by atoms with Crippen LogP contribution in [0.5, 0.6) is 0 Å². The summed E-state index contributed by atoms with van der Waals surface area (Å²) in [7, 11) is 1.60. The van der Waals surface area contributed by atoms with E-state index in [1.165, 1.54) is 6.42 Å². The van der Waals surface area contributed by atoms with Crippen LogP contribution >= 0.6 is 0 Å².